The van der Waals surface area contributed by atoms with Gasteiger partial charge >= 0.3 is 0 Å². The number of ether oxygens (including phenoxy) is 1. The minimum absolute atomic E-state index is 0.122. The molecule has 0 unspecified atom stereocenters. The van der Waals surface area contributed by atoms with Crippen molar-refractivity contribution in [1.29, 1.82) is 0 Å². The molecule has 3 heteroatoms. The van der Waals surface area contributed by atoms with Gasteiger partial charge in [-0.25, -0.2) is 0 Å². The standard InChI is InChI=1S/C12H15ClO2/c1-2-15-8-4-7-12(14)10-5-3-6-11(13)9-10/h3,5-6,9H,2,4,7-8H2,1H3. The van der Waals surface area contributed by atoms with Crippen molar-refractivity contribution in [2.24, 2.45) is 0 Å². The van der Waals surface area contributed by atoms with Crippen LogP contribution in [0.1, 0.15) is 30.1 Å². The molecule has 1 aromatic rings. The molecule has 0 spiro atoms. The summed E-state index contributed by atoms with van der Waals surface area (Å²) in [5.41, 5.74) is 0.680. The van der Waals surface area contributed by atoms with Gasteiger partial charge in [0.1, 0.15) is 0 Å². The molecule has 1 aromatic carbocycles. The lowest BCUT2D eigenvalue weighted by molar-refractivity contribution is 0.0947. The van der Waals surface area contributed by atoms with Crippen LogP contribution < -0.4 is 0 Å². The Bertz CT molecular complexity index is 323. The van der Waals surface area contributed by atoms with Crippen LogP contribution >= 0.6 is 11.6 Å². The normalized spacial score (nSPS) is 10.3. The summed E-state index contributed by atoms with van der Waals surface area (Å²) >= 11 is 5.80. The van der Waals surface area contributed by atoms with E-state index in [1.54, 1.807) is 24.3 Å². The molecule has 0 fully saturated rings. The number of carbonyl (C=O) groups is 1. The zero-order valence-corrected chi connectivity index (χ0v) is 9.59. The van der Waals surface area contributed by atoms with Crippen LogP contribution in [0, 0.1) is 0 Å². The smallest absolute Gasteiger partial charge is 0.163 e. The number of ketones is 1. The van der Waals surface area contributed by atoms with E-state index in [1.807, 2.05) is 6.92 Å². The van der Waals surface area contributed by atoms with Crippen molar-refractivity contribution in [3.63, 3.8) is 0 Å². The van der Waals surface area contributed by atoms with E-state index in [9.17, 15) is 4.79 Å². The van der Waals surface area contributed by atoms with E-state index in [1.165, 1.54) is 0 Å². The Kier molecular flexibility index (Phi) is 5.37. The predicted octanol–water partition coefficient (Wildman–Crippen LogP) is 3.34. The average molecular weight is 227 g/mol. The van der Waals surface area contributed by atoms with Crippen LogP contribution in [0.2, 0.25) is 5.02 Å². The quantitative estimate of drug-likeness (QED) is 0.549. The molecule has 0 amide bonds. The summed E-state index contributed by atoms with van der Waals surface area (Å²) in [4.78, 5) is 11.6. The summed E-state index contributed by atoms with van der Waals surface area (Å²) in [5, 5.41) is 0.602. The minimum atomic E-state index is 0.122. The van der Waals surface area contributed by atoms with E-state index in [0.29, 0.717) is 30.2 Å². The van der Waals surface area contributed by atoms with Crippen molar-refractivity contribution >= 4 is 17.4 Å². The molecule has 0 N–H and O–H groups in total. The van der Waals surface area contributed by atoms with Crippen LogP contribution in [0.15, 0.2) is 24.3 Å². The van der Waals surface area contributed by atoms with E-state index in [2.05, 4.69) is 0 Å². The molecule has 0 atom stereocenters. The van der Waals surface area contributed by atoms with Crippen LogP contribution in [0.5, 0.6) is 0 Å². The Morgan fingerprint density at radius 2 is 2.27 bits per heavy atom. The van der Waals surface area contributed by atoms with E-state index in [4.69, 9.17) is 16.3 Å². The second-order valence-electron chi connectivity index (χ2n) is 3.23. The topological polar surface area (TPSA) is 26.3 Å². The largest absolute Gasteiger partial charge is 0.382 e. The summed E-state index contributed by atoms with van der Waals surface area (Å²) in [7, 11) is 0. The van der Waals surface area contributed by atoms with Gasteiger partial charge in [-0.3, -0.25) is 4.79 Å². The zero-order chi connectivity index (χ0) is 11.1. The molecule has 0 bridgehead atoms. The maximum absolute atomic E-state index is 11.6. The molecule has 0 saturated heterocycles. The fraction of sp³-hybridized carbons (Fsp3) is 0.417. The van der Waals surface area contributed by atoms with Gasteiger partial charge < -0.3 is 4.74 Å². The second-order valence-corrected chi connectivity index (χ2v) is 3.67. The van der Waals surface area contributed by atoms with Crippen LogP contribution in [0.25, 0.3) is 0 Å². The first-order chi connectivity index (χ1) is 7.24. The van der Waals surface area contributed by atoms with Gasteiger partial charge in [0.25, 0.3) is 0 Å². The maximum atomic E-state index is 11.6. The van der Waals surface area contributed by atoms with Crippen molar-refractivity contribution < 1.29 is 9.53 Å². The second kappa shape index (κ2) is 6.59. The lowest BCUT2D eigenvalue weighted by Gasteiger charge is -2.02. The Balaban J connectivity index is 2.40. The highest BCUT2D eigenvalue weighted by atomic mass is 35.5. The molecule has 0 aromatic heterocycles. The molecular weight excluding hydrogens is 212 g/mol. The molecular formula is C12H15ClO2. The minimum Gasteiger partial charge on any atom is -0.382 e. The van der Waals surface area contributed by atoms with E-state index < -0.39 is 0 Å². The van der Waals surface area contributed by atoms with Gasteiger partial charge in [0.15, 0.2) is 5.78 Å². The lowest BCUT2D eigenvalue weighted by atomic mass is 10.1. The van der Waals surface area contributed by atoms with Gasteiger partial charge in [-0.15, -0.1) is 0 Å². The van der Waals surface area contributed by atoms with Crippen molar-refractivity contribution in [2.45, 2.75) is 19.8 Å². The summed E-state index contributed by atoms with van der Waals surface area (Å²) in [5.74, 6) is 0.122. The first-order valence-corrected chi connectivity index (χ1v) is 5.48. The third kappa shape index (κ3) is 4.45. The summed E-state index contributed by atoms with van der Waals surface area (Å²) in [6, 6.07) is 7.04. The molecule has 0 aliphatic heterocycles. The third-order valence-electron chi connectivity index (χ3n) is 2.04. The molecule has 0 aliphatic carbocycles. The van der Waals surface area contributed by atoms with Crippen molar-refractivity contribution in [2.75, 3.05) is 13.2 Å². The van der Waals surface area contributed by atoms with Crippen LogP contribution in [-0.4, -0.2) is 19.0 Å². The molecule has 0 heterocycles. The van der Waals surface area contributed by atoms with Gasteiger partial charge in [-0.1, -0.05) is 23.7 Å². The number of hydrogen-bond donors (Lipinski definition) is 0. The number of benzene rings is 1. The Morgan fingerprint density at radius 3 is 2.93 bits per heavy atom. The van der Waals surface area contributed by atoms with Crippen LogP contribution in [0.3, 0.4) is 0 Å². The molecule has 1 rings (SSSR count). The van der Waals surface area contributed by atoms with E-state index in [-0.39, 0.29) is 5.78 Å². The van der Waals surface area contributed by atoms with Gasteiger partial charge in [0.05, 0.1) is 0 Å². The molecule has 0 aliphatic rings. The van der Waals surface area contributed by atoms with E-state index in [0.717, 1.165) is 6.42 Å². The highest BCUT2D eigenvalue weighted by Gasteiger charge is 2.05. The SMILES string of the molecule is CCOCCCC(=O)c1cccc(Cl)c1. The predicted molar refractivity (Wildman–Crippen MR) is 61.5 cm³/mol. The maximum Gasteiger partial charge on any atom is 0.163 e. The molecule has 2 nitrogen and oxygen atoms in total. The number of halogens is 1. The fourth-order valence-corrected chi connectivity index (χ4v) is 1.48. The van der Waals surface area contributed by atoms with Gasteiger partial charge in [0, 0.05) is 30.2 Å². The monoisotopic (exact) mass is 226 g/mol. The van der Waals surface area contributed by atoms with Crippen molar-refractivity contribution in [3.05, 3.63) is 34.9 Å². The highest BCUT2D eigenvalue weighted by Crippen LogP contribution is 2.12. The number of rotatable bonds is 6. The molecule has 15 heavy (non-hydrogen) atoms. The molecule has 0 radical (unpaired) electrons. The number of Topliss-reactive ketones (excluding diaryl/α,β-unsaturated/α-hetero) is 1. The summed E-state index contributed by atoms with van der Waals surface area (Å²) < 4.78 is 5.17. The lowest BCUT2D eigenvalue weighted by Crippen LogP contribution is -2.02. The molecule has 82 valence electrons. The zero-order valence-electron chi connectivity index (χ0n) is 8.83. The van der Waals surface area contributed by atoms with Crippen molar-refractivity contribution in [3.8, 4) is 0 Å². The Morgan fingerprint density at radius 1 is 1.47 bits per heavy atom. The highest BCUT2D eigenvalue weighted by molar-refractivity contribution is 6.31. The number of carbonyl (C=O) groups excluding carboxylic acids is 1. The van der Waals surface area contributed by atoms with Crippen LogP contribution in [-0.2, 0) is 4.74 Å². The van der Waals surface area contributed by atoms with Gasteiger partial charge in [-0.2, -0.15) is 0 Å². The van der Waals surface area contributed by atoms with Gasteiger partial charge in [0.2, 0.25) is 0 Å². The summed E-state index contributed by atoms with van der Waals surface area (Å²) in [6.07, 6.45) is 1.28. The Hall–Kier alpha value is -0.860. The van der Waals surface area contributed by atoms with Crippen LogP contribution in [0.4, 0.5) is 0 Å². The number of hydrogen-bond acceptors (Lipinski definition) is 2. The van der Waals surface area contributed by atoms with Gasteiger partial charge in [-0.05, 0) is 25.5 Å². The first kappa shape index (κ1) is 12.2. The fourth-order valence-electron chi connectivity index (χ4n) is 1.29. The third-order valence-corrected chi connectivity index (χ3v) is 2.28. The average Bonchev–Trinajstić information content (AvgIpc) is 2.24. The van der Waals surface area contributed by atoms with E-state index >= 15 is 0 Å². The summed E-state index contributed by atoms with van der Waals surface area (Å²) in [6.45, 7) is 3.28. The van der Waals surface area contributed by atoms with Crippen molar-refractivity contribution in [1.82, 2.24) is 0 Å². The first-order valence-electron chi connectivity index (χ1n) is 5.10. The Labute approximate surface area is 95.2 Å². The molecule has 0 saturated carbocycles.